The SMILES string of the molecule is c1ccc(-c2nc(-c3cccc4c3oc3ccccc34)nc(-c3cccc4ccc5c6ccccc6ccc5c34)n2)cc1. The van der Waals surface area contributed by atoms with E-state index in [4.69, 9.17) is 19.4 Å². The molecule has 2 heterocycles. The Bertz CT molecular complexity index is 2510. The molecule has 0 radical (unpaired) electrons. The van der Waals surface area contributed by atoms with Crippen LogP contribution in [0.1, 0.15) is 0 Å². The van der Waals surface area contributed by atoms with E-state index in [1.165, 1.54) is 21.5 Å². The van der Waals surface area contributed by atoms with Gasteiger partial charge < -0.3 is 4.42 Å². The third-order valence-corrected chi connectivity index (χ3v) is 8.32. The van der Waals surface area contributed by atoms with E-state index < -0.39 is 0 Å². The summed E-state index contributed by atoms with van der Waals surface area (Å²) >= 11 is 0. The zero-order valence-corrected chi connectivity index (χ0v) is 23.0. The Morgan fingerprint density at radius 3 is 1.91 bits per heavy atom. The lowest BCUT2D eigenvalue weighted by molar-refractivity contribution is 0.669. The van der Waals surface area contributed by atoms with Gasteiger partial charge >= 0.3 is 0 Å². The van der Waals surface area contributed by atoms with Gasteiger partial charge in [0.15, 0.2) is 17.5 Å². The van der Waals surface area contributed by atoms with Gasteiger partial charge in [0.2, 0.25) is 0 Å². The summed E-state index contributed by atoms with van der Waals surface area (Å²) in [7, 11) is 0. The number of benzene rings is 7. The fraction of sp³-hybridized carbons (Fsp3) is 0. The van der Waals surface area contributed by atoms with Gasteiger partial charge in [-0.2, -0.15) is 0 Å². The first-order valence-corrected chi connectivity index (χ1v) is 14.4. The van der Waals surface area contributed by atoms with Crippen LogP contribution in [0, 0.1) is 0 Å². The third-order valence-electron chi connectivity index (χ3n) is 8.32. The van der Waals surface area contributed by atoms with Gasteiger partial charge in [0, 0.05) is 27.3 Å². The first kappa shape index (κ1) is 23.8. The van der Waals surface area contributed by atoms with Crippen LogP contribution in [0.4, 0.5) is 0 Å². The monoisotopic (exact) mass is 549 g/mol. The van der Waals surface area contributed by atoms with Gasteiger partial charge in [-0.15, -0.1) is 0 Å². The molecule has 0 N–H and O–H groups in total. The van der Waals surface area contributed by atoms with Gasteiger partial charge in [-0.3, -0.25) is 0 Å². The molecule has 0 saturated heterocycles. The highest BCUT2D eigenvalue weighted by atomic mass is 16.3. The van der Waals surface area contributed by atoms with Crippen LogP contribution in [0.15, 0.2) is 144 Å². The summed E-state index contributed by atoms with van der Waals surface area (Å²) in [6.45, 7) is 0. The van der Waals surface area contributed by atoms with Crippen molar-refractivity contribution in [2.45, 2.75) is 0 Å². The van der Waals surface area contributed by atoms with Crippen LogP contribution in [0.25, 0.3) is 88.4 Å². The molecule has 0 bridgehead atoms. The molecule has 43 heavy (non-hydrogen) atoms. The van der Waals surface area contributed by atoms with Crippen LogP contribution in [-0.2, 0) is 0 Å². The van der Waals surface area contributed by atoms with Crippen LogP contribution in [0.5, 0.6) is 0 Å². The van der Waals surface area contributed by atoms with Crippen LogP contribution in [0.3, 0.4) is 0 Å². The van der Waals surface area contributed by atoms with Crippen molar-refractivity contribution in [2.75, 3.05) is 0 Å². The molecule has 0 spiro atoms. The van der Waals surface area contributed by atoms with E-state index in [-0.39, 0.29) is 0 Å². The molecule has 7 aromatic carbocycles. The average Bonchev–Trinajstić information content (AvgIpc) is 3.47. The molecular formula is C39H23N3O. The predicted octanol–water partition coefficient (Wildman–Crippen LogP) is 10.2. The summed E-state index contributed by atoms with van der Waals surface area (Å²) < 4.78 is 6.40. The molecular weight excluding hydrogens is 526 g/mol. The lowest BCUT2D eigenvalue weighted by atomic mass is 9.94. The summed E-state index contributed by atoms with van der Waals surface area (Å²) in [6, 6.07) is 48.1. The van der Waals surface area contributed by atoms with Gasteiger partial charge in [-0.05, 0) is 39.1 Å². The van der Waals surface area contributed by atoms with Gasteiger partial charge in [0.25, 0.3) is 0 Å². The van der Waals surface area contributed by atoms with Crippen molar-refractivity contribution in [3.05, 3.63) is 140 Å². The number of rotatable bonds is 3. The lowest BCUT2D eigenvalue weighted by Crippen LogP contribution is -2.01. The second-order valence-corrected chi connectivity index (χ2v) is 10.8. The first-order chi connectivity index (χ1) is 21.3. The van der Waals surface area contributed by atoms with Crippen molar-refractivity contribution >= 4 is 54.3 Å². The van der Waals surface area contributed by atoms with Crippen LogP contribution < -0.4 is 0 Å². The summed E-state index contributed by atoms with van der Waals surface area (Å²) in [5, 5.41) is 9.22. The highest BCUT2D eigenvalue weighted by Gasteiger charge is 2.19. The quantitative estimate of drug-likeness (QED) is 0.206. The van der Waals surface area contributed by atoms with Crippen molar-refractivity contribution in [1.29, 1.82) is 0 Å². The molecule has 0 unspecified atom stereocenters. The van der Waals surface area contributed by atoms with Crippen molar-refractivity contribution in [1.82, 2.24) is 15.0 Å². The molecule has 0 aliphatic rings. The number of fused-ring (bicyclic) bond motifs is 8. The van der Waals surface area contributed by atoms with Crippen molar-refractivity contribution in [3.63, 3.8) is 0 Å². The number of furan rings is 1. The van der Waals surface area contributed by atoms with E-state index >= 15 is 0 Å². The molecule has 0 saturated carbocycles. The van der Waals surface area contributed by atoms with Gasteiger partial charge in [0.1, 0.15) is 11.2 Å². The Balaban J connectivity index is 1.36. The maximum absolute atomic E-state index is 6.40. The largest absolute Gasteiger partial charge is 0.455 e. The molecule has 0 amide bonds. The maximum atomic E-state index is 6.40. The van der Waals surface area contributed by atoms with Crippen molar-refractivity contribution in [2.24, 2.45) is 0 Å². The molecule has 200 valence electrons. The predicted molar refractivity (Wildman–Crippen MR) is 176 cm³/mol. The maximum Gasteiger partial charge on any atom is 0.167 e. The lowest BCUT2D eigenvalue weighted by Gasteiger charge is -2.13. The summed E-state index contributed by atoms with van der Waals surface area (Å²) in [4.78, 5) is 15.3. The standard InChI is InChI=1S/C39H23N3O/c1-2-11-26(12-3-1)37-40-38(42-39(41-37)33-18-9-16-31-29-15-6-7-19-34(29)43-36(31)33)32-17-8-13-25-21-22-28-27-14-5-4-10-24(27)20-23-30(28)35(25)32/h1-23H. The molecule has 0 fully saturated rings. The Kier molecular flexibility index (Phi) is 5.16. The number of nitrogens with zero attached hydrogens (tertiary/aromatic N) is 3. The molecule has 0 aliphatic carbocycles. The number of para-hydroxylation sites is 2. The highest BCUT2D eigenvalue weighted by molar-refractivity contribution is 6.20. The molecule has 4 nitrogen and oxygen atoms in total. The molecule has 0 aliphatic heterocycles. The minimum absolute atomic E-state index is 0.580. The van der Waals surface area contributed by atoms with Crippen molar-refractivity contribution < 1.29 is 4.42 Å². The number of hydrogen-bond acceptors (Lipinski definition) is 4. The molecule has 4 heteroatoms. The fourth-order valence-corrected chi connectivity index (χ4v) is 6.32. The second kappa shape index (κ2) is 9.33. The van der Waals surface area contributed by atoms with Gasteiger partial charge in [0.05, 0.1) is 5.56 Å². The van der Waals surface area contributed by atoms with E-state index in [1.54, 1.807) is 0 Å². The minimum Gasteiger partial charge on any atom is -0.455 e. The molecule has 2 aromatic heterocycles. The summed E-state index contributed by atoms with van der Waals surface area (Å²) in [5.41, 5.74) is 4.35. The number of hydrogen-bond donors (Lipinski definition) is 0. The van der Waals surface area contributed by atoms with Gasteiger partial charge in [-0.1, -0.05) is 127 Å². The fourth-order valence-electron chi connectivity index (χ4n) is 6.32. The van der Waals surface area contributed by atoms with E-state index in [9.17, 15) is 0 Å². The first-order valence-electron chi connectivity index (χ1n) is 14.4. The topological polar surface area (TPSA) is 51.8 Å². The second-order valence-electron chi connectivity index (χ2n) is 10.8. The van der Waals surface area contributed by atoms with Crippen LogP contribution in [0.2, 0.25) is 0 Å². The Morgan fingerprint density at radius 1 is 0.372 bits per heavy atom. The highest BCUT2D eigenvalue weighted by Crippen LogP contribution is 2.39. The Labute approximate surface area is 246 Å². The van der Waals surface area contributed by atoms with E-state index in [0.717, 1.165) is 49.4 Å². The van der Waals surface area contributed by atoms with E-state index in [0.29, 0.717) is 17.5 Å². The Morgan fingerprint density at radius 2 is 1.00 bits per heavy atom. The smallest absolute Gasteiger partial charge is 0.167 e. The van der Waals surface area contributed by atoms with Crippen LogP contribution in [-0.4, -0.2) is 15.0 Å². The third kappa shape index (κ3) is 3.74. The minimum atomic E-state index is 0.580. The Hall–Kier alpha value is -5.87. The molecule has 9 rings (SSSR count). The van der Waals surface area contributed by atoms with E-state index in [1.807, 2.05) is 60.7 Å². The van der Waals surface area contributed by atoms with E-state index in [2.05, 4.69) is 78.9 Å². The zero-order valence-electron chi connectivity index (χ0n) is 23.0. The summed E-state index contributed by atoms with van der Waals surface area (Å²) in [6.07, 6.45) is 0. The normalized spacial score (nSPS) is 11.7. The average molecular weight is 550 g/mol. The van der Waals surface area contributed by atoms with Gasteiger partial charge in [-0.25, -0.2) is 15.0 Å². The number of aromatic nitrogens is 3. The molecule has 9 aromatic rings. The zero-order chi connectivity index (χ0) is 28.3. The van der Waals surface area contributed by atoms with Crippen LogP contribution >= 0.6 is 0 Å². The van der Waals surface area contributed by atoms with Crippen molar-refractivity contribution in [3.8, 4) is 34.2 Å². The molecule has 0 atom stereocenters. The summed E-state index contributed by atoms with van der Waals surface area (Å²) in [5.74, 6) is 1.83.